The van der Waals surface area contributed by atoms with Crippen molar-refractivity contribution >= 4 is 5.97 Å². The summed E-state index contributed by atoms with van der Waals surface area (Å²) in [6.07, 6.45) is 3.29. The fourth-order valence-corrected chi connectivity index (χ4v) is 1.82. The summed E-state index contributed by atoms with van der Waals surface area (Å²) in [5.74, 6) is -0.816. The number of methoxy groups -OCH3 is 1. The molecule has 19 heavy (non-hydrogen) atoms. The Morgan fingerprint density at radius 3 is 2.58 bits per heavy atom. The second-order valence-corrected chi connectivity index (χ2v) is 4.08. The Balaban J connectivity index is 2.19. The van der Waals surface area contributed by atoms with E-state index in [1.807, 2.05) is 24.3 Å². The first kappa shape index (κ1) is 13.0. The number of benzene rings is 1. The summed E-state index contributed by atoms with van der Waals surface area (Å²) in [6.45, 7) is 0. The normalized spacial score (nSPS) is 11.8. The molecule has 0 spiro atoms. The average Bonchev–Trinajstić information content (AvgIpc) is 2.46. The van der Waals surface area contributed by atoms with E-state index >= 15 is 0 Å². The van der Waals surface area contributed by atoms with E-state index in [1.54, 1.807) is 19.4 Å². The SMILES string of the molecule is COc1ccc(CC(C(=O)O)c2ccncn2)cc1. The minimum Gasteiger partial charge on any atom is -0.497 e. The summed E-state index contributed by atoms with van der Waals surface area (Å²) in [6, 6.07) is 8.97. The molecule has 0 saturated heterocycles. The lowest BCUT2D eigenvalue weighted by Gasteiger charge is -2.11. The average molecular weight is 258 g/mol. The summed E-state index contributed by atoms with van der Waals surface area (Å²) < 4.78 is 5.07. The van der Waals surface area contributed by atoms with Gasteiger partial charge in [-0.1, -0.05) is 12.1 Å². The molecule has 2 aromatic rings. The van der Waals surface area contributed by atoms with E-state index in [0.717, 1.165) is 11.3 Å². The van der Waals surface area contributed by atoms with Crippen LogP contribution >= 0.6 is 0 Å². The fourth-order valence-electron chi connectivity index (χ4n) is 1.82. The first-order valence-corrected chi connectivity index (χ1v) is 5.82. The molecule has 0 amide bonds. The number of carboxylic acid groups (broad SMARTS) is 1. The Morgan fingerprint density at radius 1 is 1.32 bits per heavy atom. The fraction of sp³-hybridized carbons (Fsp3) is 0.214. The number of aromatic nitrogens is 2. The van der Waals surface area contributed by atoms with Gasteiger partial charge in [-0.15, -0.1) is 0 Å². The van der Waals surface area contributed by atoms with Crippen molar-refractivity contribution in [1.82, 2.24) is 9.97 Å². The maximum atomic E-state index is 11.3. The number of aliphatic carboxylic acids is 1. The molecule has 0 saturated carbocycles. The van der Waals surface area contributed by atoms with Gasteiger partial charge in [0.15, 0.2) is 0 Å². The van der Waals surface area contributed by atoms with Crippen LogP contribution in [0.4, 0.5) is 0 Å². The molecular weight excluding hydrogens is 244 g/mol. The largest absolute Gasteiger partial charge is 0.497 e. The number of hydrogen-bond donors (Lipinski definition) is 1. The van der Waals surface area contributed by atoms with Gasteiger partial charge < -0.3 is 9.84 Å². The van der Waals surface area contributed by atoms with Crippen LogP contribution in [0.2, 0.25) is 0 Å². The van der Waals surface area contributed by atoms with Gasteiger partial charge in [-0.3, -0.25) is 4.79 Å². The molecule has 0 aliphatic heterocycles. The van der Waals surface area contributed by atoms with Gasteiger partial charge in [0.05, 0.1) is 12.8 Å². The second kappa shape index (κ2) is 5.95. The summed E-state index contributed by atoms with van der Waals surface area (Å²) >= 11 is 0. The minimum absolute atomic E-state index is 0.385. The predicted molar refractivity (Wildman–Crippen MR) is 69.1 cm³/mol. The molecule has 1 N–H and O–H groups in total. The number of rotatable bonds is 5. The van der Waals surface area contributed by atoms with Crippen LogP contribution in [0.5, 0.6) is 5.75 Å². The number of carboxylic acids is 1. The van der Waals surface area contributed by atoms with Crippen molar-refractivity contribution in [1.29, 1.82) is 0 Å². The van der Waals surface area contributed by atoms with E-state index in [-0.39, 0.29) is 0 Å². The van der Waals surface area contributed by atoms with E-state index in [1.165, 1.54) is 6.33 Å². The zero-order chi connectivity index (χ0) is 13.7. The number of hydrogen-bond acceptors (Lipinski definition) is 4. The van der Waals surface area contributed by atoms with Crippen molar-refractivity contribution in [2.24, 2.45) is 0 Å². The van der Waals surface area contributed by atoms with E-state index in [2.05, 4.69) is 9.97 Å². The van der Waals surface area contributed by atoms with Crippen LogP contribution in [0.15, 0.2) is 42.9 Å². The zero-order valence-electron chi connectivity index (χ0n) is 10.5. The Bertz CT molecular complexity index is 540. The Hall–Kier alpha value is -2.43. The van der Waals surface area contributed by atoms with Gasteiger partial charge in [0.2, 0.25) is 0 Å². The molecule has 2 rings (SSSR count). The van der Waals surface area contributed by atoms with Crippen LogP contribution in [0.1, 0.15) is 17.2 Å². The van der Waals surface area contributed by atoms with Gasteiger partial charge in [0.25, 0.3) is 0 Å². The molecule has 0 bridgehead atoms. The van der Waals surface area contributed by atoms with Gasteiger partial charge in [0, 0.05) is 6.20 Å². The van der Waals surface area contributed by atoms with Crippen molar-refractivity contribution < 1.29 is 14.6 Å². The van der Waals surface area contributed by atoms with Crippen molar-refractivity contribution in [2.45, 2.75) is 12.3 Å². The first-order valence-electron chi connectivity index (χ1n) is 5.82. The molecule has 0 radical (unpaired) electrons. The highest BCUT2D eigenvalue weighted by Crippen LogP contribution is 2.20. The van der Waals surface area contributed by atoms with Gasteiger partial charge in [-0.05, 0) is 30.2 Å². The molecule has 1 aromatic carbocycles. The van der Waals surface area contributed by atoms with Crippen LogP contribution in [0.25, 0.3) is 0 Å². The third-order valence-electron chi connectivity index (χ3n) is 2.86. The third-order valence-corrected chi connectivity index (χ3v) is 2.86. The molecule has 0 aliphatic carbocycles. The number of carbonyl (C=O) groups is 1. The highest BCUT2D eigenvalue weighted by Gasteiger charge is 2.21. The van der Waals surface area contributed by atoms with Crippen molar-refractivity contribution in [2.75, 3.05) is 7.11 Å². The van der Waals surface area contributed by atoms with Gasteiger partial charge in [0.1, 0.15) is 18.0 Å². The molecule has 0 aliphatic rings. The summed E-state index contributed by atoms with van der Waals surface area (Å²) in [7, 11) is 1.59. The second-order valence-electron chi connectivity index (χ2n) is 4.08. The number of ether oxygens (including phenoxy) is 1. The van der Waals surface area contributed by atoms with Crippen molar-refractivity contribution in [3.63, 3.8) is 0 Å². The predicted octanol–water partition coefficient (Wildman–Crippen LogP) is 1.90. The maximum absolute atomic E-state index is 11.3. The quantitative estimate of drug-likeness (QED) is 0.886. The van der Waals surface area contributed by atoms with E-state index in [0.29, 0.717) is 12.1 Å². The van der Waals surface area contributed by atoms with Gasteiger partial charge >= 0.3 is 5.97 Å². The maximum Gasteiger partial charge on any atom is 0.312 e. The van der Waals surface area contributed by atoms with E-state index < -0.39 is 11.9 Å². The van der Waals surface area contributed by atoms with Crippen molar-refractivity contribution in [3.05, 3.63) is 54.1 Å². The molecule has 5 nitrogen and oxygen atoms in total. The standard InChI is InChI=1S/C14H14N2O3/c1-19-11-4-2-10(3-5-11)8-12(14(17)18)13-6-7-15-9-16-13/h2-7,9,12H,8H2,1H3,(H,17,18). The van der Waals surface area contributed by atoms with Crippen LogP contribution in [-0.2, 0) is 11.2 Å². The Morgan fingerprint density at radius 2 is 2.05 bits per heavy atom. The molecular formula is C14H14N2O3. The van der Waals surface area contributed by atoms with Crippen LogP contribution < -0.4 is 4.74 Å². The highest BCUT2D eigenvalue weighted by molar-refractivity contribution is 5.75. The molecule has 1 heterocycles. The van der Waals surface area contributed by atoms with E-state index in [4.69, 9.17) is 4.74 Å². The van der Waals surface area contributed by atoms with E-state index in [9.17, 15) is 9.90 Å². The molecule has 1 unspecified atom stereocenters. The lowest BCUT2D eigenvalue weighted by molar-refractivity contribution is -0.138. The molecule has 1 atom stereocenters. The topological polar surface area (TPSA) is 72.3 Å². The molecule has 0 fully saturated rings. The van der Waals surface area contributed by atoms with Crippen LogP contribution in [-0.4, -0.2) is 28.2 Å². The molecule has 5 heteroatoms. The monoisotopic (exact) mass is 258 g/mol. The molecule has 1 aromatic heterocycles. The smallest absolute Gasteiger partial charge is 0.312 e. The zero-order valence-corrected chi connectivity index (χ0v) is 10.5. The van der Waals surface area contributed by atoms with Crippen LogP contribution in [0.3, 0.4) is 0 Å². The third kappa shape index (κ3) is 3.28. The number of nitrogens with zero attached hydrogens (tertiary/aromatic N) is 2. The van der Waals surface area contributed by atoms with Gasteiger partial charge in [-0.2, -0.15) is 0 Å². The van der Waals surface area contributed by atoms with Crippen LogP contribution in [0, 0.1) is 0 Å². The first-order chi connectivity index (χ1) is 9.20. The minimum atomic E-state index is -0.894. The highest BCUT2D eigenvalue weighted by atomic mass is 16.5. The summed E-state index contributed by atoms with van der Waals surface area (Å²) in [4.78, 5) is 19.2. The molecule has 98 valence electrons. The lowest BCUT2D eigenvalue weighted by atomic mass is 9.96. The Labute approximate surface area is 110 Å². The van der Waals surface area contributed by atoms with Crippen molar-refractivity contribution in [3.8, 4) is 5.75 Å². The Kier molecular flexibility index (Phi) is 4.07. The lowest BCUT2D eigenvalue weighted by Crippen LogP contribution is -2.15. The summed E-state index contributed by atoms with van der Waals surface area (Å²) in [5, 5.41) is 9.30. The van der Waals surface area contributed by atoms with Gasteiger partial charge in [-0.25, -0.2) is 9.97 Å². The summed E-state index contributed by atoms with van der Waals surface area (Å²) in [5.41, 5.74) is 1.44.